The first-order chi connectivity index (χ1) is 10.7. The minimum Gasteiger partial charge on any atom is -0.352 e. The number of benzene rings is 1. The average Bonchev–Trinajstić information content (AvgIpc) is 3.10. The van der Waals surface area contributed by atoms with Crippen molar-refractivity contribution in [3.05, 3.63) is 53.3 Å². The number of nitrogens with one attached hydrogen (secondary N) is 1. The van der Waals surface area contributed by atoms with E-state index in [9.17, 15) is 4.79 Å². The molecule has 5 nitrogen and oxygen atoms in total. The molecule has 0 unspecified atom stereocenters. The monoisotopic (exact) mass is 312 g/mol. The third kappa shape index (κ3) is 3.59. The van der Waals surface area contributed by atoms with Crippen molar-refractivity contribution < 1.29 is 4.79 Å². The Kier molecular flexibility index (Phi) is 4.29. The van der Waals surface area contributed by atoms with E-state index in [0.717, 1.165) is 22.5 Å². The number of aryl methyl sites for hydroxylation is 1. The Bertz CT molecular complexity index is 785. The van der Waals surface area contributed by atoms with Gasteiger partial charge in [0.1, 0.15) is 0 Å². The molecule has 0 fully saturated rings. The molecule has 22 heavy (non-hydrogen) atoms. The van der Waals surface area contributed by atoms with Crippen LogP contribution in [0.1, 0.15) is 10.6 Å². The molecular formula is C16H16N4OS. The summed E-state index contributed by atoms with van der Waals surface area (Å²) in [6.07, 6.45) is 7.58. The van der Waals surface area contributed by atoms with Crippen LogP contribution in [0.4, 0.5) is 0 Å². The minimum absolute atomic E-state index is 0.107. The third-order valence-electron chi connectivity index (χ3n) is 3.13. The molecule has 2 heterocycles. The predicted molar refractivity (Wildman–Crippen MR) is 88.6 cm³/mol. The summed E-state index contributed by atoms with van der Waals surface area (Å²) in [7, 11) is 1.84. The minimum atomic E-state index is -0.107. The Morgan fingerprint density at radius 2 is 2.27 bits per heavy atom. The van der Waals surface area contributed by atoms with Gasteiger partial charge in [-0.3, -0.25) is 9.48 Å². The lowest BCUT2D eigenvalue weighted by Crippen LogP contribution is -2.23. The quantitative estimate of drug-likeness (QED) is 0.736. The predicted octanol–water partition coefficient (Wildman–Crippen LogP) is 2.40. The van der Waals surface area contributed by atoms with Crippen LogP contribution >= 0.6 is 11.3 Å². The number of thiazole rings is 1. The highest BCUT2D eigenvalue weighted by atomic mass is 32.1. The maximum Gasteiger partial charge on any atom is 0.244 e. The van der Waals surface area contributed by atoms with Gasteiger partial charge in [-0.15, -0.1) is 11.3 Å². The van der Waals surface area contributed by atoms with Crippen molar-refractivity contribution in [3.8, 4) is 0 Å². The highest BCUT2D eigenvalue weighted by molar-refractivity contribution is 7.18. The number of carbonyl (C=O) groups is 1. The largest absolute Gasteiger partial charge is 0.352 e. The zero-order valence-corrected chi connectivity index (χ0v) is 13.0. The fourth-order valence-electron chi connectivity index (χ4n) is 2.08. The molecule has 1 N–H and O–H groups in total. The van der Waals surface area contributed by atoms with Crippen molar-refractivity contribution in [2.75, 3.05) is 6.54 Å². The van der Waals surface area contributed by atoms with Crippen LogP contribution in [0.25, 0.3) is 16.3 Å². The van der Waals surface area contributed by atoms with E-state index in [1.165, 1.54) is 10.8 Å². The molecule has 1 amide bonds. The number of fused-ring (bicyclic) bond motifs is 1. The Morgan fingerprint density at radius 1 is 1.41 bits per heavy atom. The highest BCUT2D eigenvalue weighted by Crippen LogP contribution is 2.21. The molecule has 2 aromatic heterocycles. The number of rotatable bonds is 5. The second kappa shape index (κ2) is 6.53. The van der Waals surface area contributed by atoms with E-state index in [4.69, 9.17) is 0 Å². The Labute approximate surface area is 132 Å². The van der Waals surface area contributed by atoms with Crippen LogP contribution in [0, 0.1) is 0 Å². The first-order valence-corrected chi connectivity index (χ1v) is 7.81. The van der Waals surface area contributed by atoms with Gasteiger partial charge < -0.3 is 5.32 Å². The second-order valence-corrected chi connectivity index (χ2v) is 6.01. The third-order valence-corrected chi connectivity index (χ3v) is 4.22. The molecule has 0 spiro atoms. The highest BCUT2D eigenvalue weighted by Gasteiger charge is 2.03. The average molecular weight is 312 g/mol. The Morgan fingerprint density at radius 3 is 3.05 bits per heavy atom. The van der Waals surface area contributed by atoms with Gasteiger partial charge in [-0.05, 0) is 18.2 Å². The van der Waals surface area contributed by atoms with Crippen molar-refractivity contribution in [2.45, 2.75) is 6.42 Å². The standard InChI is InChI=1S/C16H16N4OS/c1-20-11-12(10-18-20)6-7-15(21)17-9-8-16-19-13-4-2-3-5-14(13)22-16/h2-7,10-11H,8-9H2,1H3,(H,17,21)/b7-6+. The van der Waals surface area contributed by atoms with Gasteiger partial charge in [-0.2, -0.15) is 5.10 Å². The summed E-state index contributed by atoms with van der Waals surface area (Å²) in [6.45, 7) is 0.579. The van der Waals surface area contributed by atoms with Gasteiger partial charge in [0.2, 0.25) is 5.91 Å². The number of para-hydroxylation sites is 1. The molecule has 0 saturated heterocycles. The molecule has 6 heteroatoms. The molecule has 0 radical (unpaired) electrons. The van der Waals surface area contributed by atoms with Gasteiger partial charge in [-0.1, -0.05) is 12.1 Å². The van der Waals surface area contributed by atoms with E-state index in [2.05, 4.69) is 21.5 Å². The van der Waals surface area contributed by atoms with E-state index in [1.807, 2.05) is 31.4 Å². The van der Waals surface area contributed by atoms with Crippen LogP contribution < -0.4 is 5.32 Å². The number of nitrogens with zero attached hydrogens (tertiary/aromatic N) is 3. The normalized spacial score (nSPS) is 11.3. The summed E-state index contributed by atoms with van der Waals surface area (Å²) >= 11 is 1.67. The Balaban J connectivity index is 1.50. The van der Waals surface area contributed by atoms with E-state index in [1.54, 1.807) is 28.3 Å². The molecule has 0 aliphatic heterocycles. The maximum atomic E-state index is 11.7. The smallest absolute Gasteiger partial charge is 0.244 e. The second-order valence-electron chi connectivity index (χ2n) is 4.90. The van der Waals surface area contributed by atoms with Gasteiger partial charge in [0.05, 0.1) is 21.4 Å². The molecule has 0 aliphatic rings. The lowest BCUT2D eigenvalue weighted by Gasteiger charge is -1.99. The lowest BCUT2D eigenvalue weighted by molar-refractivity contribution is -0.116. The summed E-state index contributed by atoms with van der Waals surface area (Å²) in [5, 5.41) is 7.95. The molecule has 0 aliphatic carbocycles. The van der Waals surface area contributed by atoms with Gasteiger partial charge >= 0.3 is 0 Å². The number of hydrogen-bond donors (Lipinski definition) is 1. The van der Waals surface area contributed by atoms with Crippen LogP contribution in [-0.2, 0) is 18.3 Å². The summed E-state index contributed by atoms with van der Waals surface area (Å²) in [6, 6.07) is 8.06. The SMILES string of the molecule is Cn1cc(/C=C/C(=O)NCCc2nc3ccccc3s2)cn1. The lowest BCUT2D eigenvalue weighted by atomic mass is 10.3. The van der Waals surface area contributed by atoms with E-state index in [0.29, 0.717) is 6.54 Å². The fraction of sp³-hybridized carbons (Fsp3) is 0.188. The van der Waals surface area contributed by atoms with E-state index in [-0.39, 0.29) is 5.91 Å². The van der Waals surface area contributed by atoms with Crippen LogP contribution in [0.2, 0.25) is 0 Å². The molecule has 0 bridgehead atoms. The molecule has 3 rings (SSSR count). The fourth-order valence-corrected chi connectivity index (χ4v) is 3.04. The number of aromatic nitrogens is 3. The first kappa shape index (κ1) is 14.5. The van der Waals surface area contributed by atoms with Gasteiger partial charge in [0.25, 0.3) is 0 Å². The van der Waals surface area contributed by atoms with Crippen LogP contribution in [-0.4, -0.2) is 27.2 Å². The summed E-state index contributed by atoms with van der Waals surface area (Å²) in [5.74, 6) is -0.107. The molecule has 0 atom stereocenters. The zero-order chi connectivity index (χ0) is 15.4. The van der Waals surface area contributed by atoms with Crippen molar-refractivity contribution in [1.29, 1.82) is 0 Å². The van der Waals surface area contributed by atoms with Crippen LogP contribution in [0.3, 0.4) is 0 Å². The Hall–Kier alpha value is -2.47. The van der Waals surface area contributed by atoms with Crippen LogP contribution in [0.15, 0.2) is 42.7 Å². The first-order valence-electron chi connectivity index (χ1n) is 7.00. The number of hydrogen-bond acceptors (Lipinski definition) is 4. The molecule has 3 aromatic rings. The summed E-state index contributed by atoms with van der Waals surface area (Å²) in [4.78, 5) is 16.3. The van der Waals surface area contributed by atoms with Gasteiger partial charge in [-0.25, -0.2) is 4.98 Å². The van der Waals surface area contributed by atoms with Crippen molar-refractivity contribution >= 4 is 33.5 Å². The zero-order valence-electron chi connectivity index (χ0n) is 12.2. The summed E-state index contributed by atoms with van der Waals surface area (Å²) in [5.41, 5.74) is 1.93. The van der Waals surface area contributed by atoms with Crippen molar-refractivity contribution in [1.82, 2.24) is 20.1 Å². The van der Waals surface area contributed by atoms with Crippen molar-refractivity contribution in [2.24, 2.45) is 7.05 Å². The molecule has 0 saturated carbocycles. The topological polar surface area (TPSA) is 59.8 Å². The van der Waals surface area contributed by atoms with Gasteiger partial charge in [0, 0.05) is 37.8 Å². The number of amides is 1. The maximum absolute atomic E-state index is 11.7. The summed E-state index contributed by atoms with van der Waals surface area (Å²) < 4.78 is 2.88. The van der Waals surface area contributed by atoms with E-state index >= 15 is 0 Å². The number of carbonyl (C=O) groups excluding carboxylic acids is 1. The van der Waals surface area contributed by atoms with E-state index < -0.39 is 0 Å². The molecule has 112 valence electrons. The molecular weight excluding hydrogens is 296 g/mol. The van der Waals surface area contributed by atoms with Gasteiger partial charge in [0.15, 0.2) is 0 Å². The molecule has 1 aromatic carbocycles. The van der Waals surface area contributed by atoms with Crippen molar-refractivity contribution in [3.63, 3.8) is 0 Å². The van der Waals surface area contributed by atoms with Crippen LogP contribution in [0.5, 0.6) is 0 Å².